The van der Waals surface area contributed by atoms with Gasteiger partial charge in [-0.25, -0.2) is 0 Å². The minimum Gasteiger partial charge on any atom is -0.379 e. The monoisotopic (exact) mass is 640 g/mol. The van der Waals surface area contributed by atoms with Crippen molar-refractivity contribution in [1.82, 2.24) is 0 Å². The summed E-state index contributed by atoms with van der Waals surface area (Å²) in [6, 6.07) is 46.6. The van der Waals surface area contributed by atoms with Gasteiger partial charge in [0.1, 0.15) is 7.59 Å². The molecule has 0 amide bonds. The quantitative estimate of drug-likeness (QED) is 0.153. The third kappa shape index (κ3) is 5.63. The highest BCUT2D eigenvalue weighted by Crippen LogP contribution is 2.52. The SMILES string of the molecule is CO[Si]1(OC)OC(CCCCN)(c2ccccc2)C[Si](CCCCN)(c2ccccc2)[Si]1(c1ccccc1)c1ccccc1. The Morgan fingerprint density at radius 3 is 1.55 bits per heavy atom. The van der Waals surface area contributed by atoms with E-state index in [1.807, 2.05) is 14.2 Å². The second-order valence-corrected chi connectivity index (χ2v) is 31.1. The van der Waals surface area contributed by atoms with Gasteiger partial charge in [0.05, 0.1) is 5.60 Å². The van der Waals surface area contributed by atoms with Crippen LogP contribution in [0.2, 0.25) is 12.1 Å². The molecule has 1 aliphatic rings. The first-order valence-corrected chi connectivity index (χ1v) is 24.1. The largest absolute Gasteiger partial charge is 0.478 e. The molecular formula is C36H48N2O3Si3. The van der Waals surface area contributed by atoms with Gasteiger partial charge < -0.3 is 24.7 Å². The molecule has 0 aromatic heterocycles. The smallest absolute Gasteiger partial charge is 0.379 e. The maximum atomic E-state index is 7.83. The number of hydrogen-bond donors (Lipinski definition) is 2. The lowest BCUT2D eigenvalue weighted by molar-refractivity contribution is -0.00738. The van der Waals surface area contributed by atoms with E-state index in [-0.39, 0.29) is 0 Å². The zero-order valence-corrected chi connectivity index (χ0v) is 29.3. The zero-order valence-electron chi connectivity index (χ0n) is 26.3. The van der Waals surface area contributed by atoms with E-state index in [1.165, 1.54) is 21.1 Å². The Morgan fingerprint density at radius 2 is 1.07 bits per heavy atom. The van der Waals surface area contributed by atoms with Crippen molar-refractivity contribution in [3.05, 3.63) is 127 Å². The Balaban J connectivity index is 1.96. The third-order valence-electron chi connectivity index (χ3n) is 9.76. The van der Waals surface area contributed by atoms with E-state index in [0.29, 0.717) is 13.1 Å². The first-order chi connectivity index (χ1) is 21.6. The van der Waals surface area contributed by atoms with Crippen LogP contribution >= 0.6 is 0 Å². The molecule has 0 radical (unpaired) electrons. The highest BCUT2D eigenvalue weighted by molar-refractivity contribution is 7.77. The molecule has 4 aromatic rings. The van der Waals surface area contributed by atoms with E-state index >= 15 is 0 Å². The van der Waals surface area contributed by atoms with E-state index in [9.17, 15) is 0 Å². The van der Waals surface area contributed by atoms with Crippen molar-refractivity contribution in [3.8, 4) is 0 Å². The molecule has 0 saturated carbocycles. The number of rotatable bonds is 14. The predicted molar refractivity (Wildman–Crippen MR) is 190 cm³/mol. The van der Waals surface area contributed by atoms with Crippen LogP contribution in [0.1, 0.15) is 37.7 Å². The molecule has 0 spiro atoms. The summed E-state index contributed by atoms with van der Waals surface area (Å²) in [6.07, 6.45) is 4.81. The summed E-state index contributed by atoms with van der Waals surface area (Å²) >= 11 is 0. The van der Waals surface area contributed by atoms with Crippen molar-refractivity contribution in [2.75, 3.05) is 27.3 Å². The second kappa shape index (κ2) is 14.6. The van der Waals surface area contributed by atoms with Gasteiger partial charge in [0.15, 0.2) is 0 Å². The fourth-order valence-electron chi connectivity index (χ4n) is 8.01. The van der Waals surface area contributed by atoms with Gasteiger partial charge in [-0.2, -0.15) is 0 Å². The molecule has 5 rings (SSSR count). The summed E-state index contributed by atoms with van der Waals surface area (Å²) in [4.78, 5) is 0. The van der Waals surface area contributed by atoms with Gasteiger partial charge in [0, 0.05) is 14.2 Å². The fourth-order valence-corrected chi connectivity index (χ4v) is 47.0. The number of hydrogen-bond acceptors (Lipinski definition) is 5. The molecule has 4 aromatic carbocycles. The Kier molecular flexibility index (Phi) is 10.9. The van der Waals surface area contributed by atoms with Crippen LogP contribution in [0.3, 0.4) is 0 Å². The number of benzene rings is 4. The first kappa shape index (κ1) is 32.7. The van der Waals surface area contributed by atoms with Crippen LogP contribution in [0.5, 0.6) is 0 Å². The number of unbranched alkanes of at least 4 members (excludes halogenated alkanes) is 2. The normalized spacial score (nSPS) is 22.5. The van der Waals surface area contributed by atoms with Crippen molar-refractivity contribution in [1.29, 1.82) is 0 Å². The predicted octanol–water partition coefficient (Wildman–Crippen LogP) is 4.79. The van der Waals surface area contributed by atoms with Crippen molar-refractivity contribution in [3.63, 3.8) is 0 Å². The van der Waals surface area contributed by atoms with Crippen molar-refractivity contribution in [2.45, 2.75) is 49.8 Å². The fraction of sp³-hybridized carbons (Fsp3) is 0.333. The van der Waals surface area contributed by atoms with Gasteiger partial charge >= 0.3 is 8.32 Å². The summed E-state index contributed by atoms with van der Waals surface area (Å²) in [5.41, 5.74) is 12.9. The molecule has 232 valence electrons. The van der Waals surface area contributed by atoms with Crippen LogP contribution < -0.4 is 27.0 Å². The molecule has 8 heteroatoms. The van der Waals surface area contributed by atoms with E-state index in [1.54, 1.807) is 0 Å². The second-order valence-electron chi connectivity index (χ2n) is 12.0. The molecule has 5 nitrogen and oxygen atoms in total. The van der Waals surface area contributed by atoms with Gasteiger partial charge in [-0.15, -0.1) is 0 Å². The van der Waals surface area contributed by atoms with Crippen molar-refractivity contribution < 1.29 is 13.3 Å². The minimum atomic E-state index is -3.51. The Bertz CT molecular complexity index is 1390. The molecule has 1 heterocycles. The maximum Gasteiger partial charge on any atom is 0.478 e. The van der Waals surface area contributed by atoms with Gasteiger partial charge in [-0.1, -0.05) is 149 Å². The molecule has 1 saturated heterocycles. The van der Waals surface area contributed by atoms with E-state index in [4.69, 9.17) is 24.7 Å². The highest BCUT2D eigenvalue weighted by Gasteiger charge is 2.79. The van der Waals surface area contributed by atoms with Crippen molar-refractivity contribution in [2.24, 2.45) is 11.5 Å². The average Bonchev–Trinajstić information content (AvgIpc) is 3.09. The standard InChI is InChI=1S/C36H48N2O3Si3/c1-39-44(40-2)41-36(27-15-16-28-37,32-19-7-3-8-20-32)31-42(30-18-17-29-38,33-21-9-4-10-22-33)43(44,34-23-11-5-12-24-34)35-25-13-6-14-26-35/h3-14,19-26H,15-18,27-31,37-38H2,1-2H3. The van der Waals surface area contributed by atoms with Crippen LogP contribution in [0.15, 0.2) is 121 Å². The van der Waals surface area contributed by atoms with E-state index < -0.39 is 28.6 Å². The molecule has 0 aliphatic carbocycles. The lowest BCUT2D eigenvalue weighted by Crippen LogP contribution is -2.96. The average molecular weight is 641 g/mol. The van der Waals surface area contributed by atoms with E-state index in [0.717, 1.165) is 44.2 Å². The van der Waals surface area contributed by atoms with Crippen LogP contribution in [0.4, 0.5) is 0 Å². The minimum absolute atomic E-state index is 0.570. The summed E-state index contributed by atoms with van der Waals surface area (Å²) in [6.45, 7) is 1.34. The molecular weight excluding hydrogens is 593 g/mol. The highest BCUT2D eigenvalue weighted by atomic mass is 29.7. The lowest BCUT2D eigenvalue weighted by atomic mass is 9.90. The molecule has 4 N–H and O–H groups in total. The third-order valence-corrected chi connectivity index (χ3v) is 41.3. The van der Waals surface area contributed by atoms with Crippen LogP contribution in [0, 0.1) is 0 Å². The zero-order chi connectivity index (χ0) is 30.9. The van der Waals surface area contributed by atoms with Crippen LogP contribution in [-0.2, 0) is 18.9 Å². The molecule has 2 unspecified atom stereocenters. The van der Waals surface area contributed by atoms with Gasteiger partial charge in [0.2, 0.25) is 7.11 Å². The summed E-state index contributed by atoms with van der Waals surface area (Å²) < 4.78 is 21.7. The molecule has 2 atom stereocenters. The molecule has 1 fully saturated rings. The summed E-state index contributed by atoms with van der Waals surface area (Å²) in [5.74, 6) is 0. The summed E-state index contributed by atoms with van der Waals surface area (Å²) in [5, 5.41) is 4.15. The Hall–Kier alpha value is -2.67. The van der Waals surface area contributed by atoms with Gasteiger partial charge in [-0.05, 0) is 50.4 Å². The van der Waals surface area contributed by atoms with Crippen molar-refractivity contribution >= 4 is 38.6 Å². The Morgan fingerprint density at radius 1 is 0.614 bits per heavy atom. The lowest BCUT2D eigenvalue weighted by Gasteiger charge is -2.62. The molecule has 0 bridgehead atoms. The van der Waals surface area contributed by atoms with Crippen LogP contribution in [0.25, 0.3) is 0 Å². The molecule has 1 aliphatic heterocycles. The molecule has 44 heavy (non-hydrogen) atoms. The first-order valence-electron chi connectivity index (χ1n) is 16.0. The van der Waals surface area contributed by atoms with Gasteiger partial charge in [-0.3, -0.25) is 0 Å². The number of nitrogens with two attached hydrogens (primary N) is 2. The topological polar surface area (TPSA) is 79.7 Å². The Labute approximate surface area is 266 Å². The van der Waals surface area contributed by atoms with Gasteiger partial charge in [0.25, 0.3) is 0 Å². The van der Waals surface area contributed by atoms with Crippen LogP contribution in [-0.4, -0.2) is 50.3 Å². The maximum absolute atomic E-state index is 7.83. The summed E-state index contributed by atoms with van der Waals surface area (Å²) in [7, 11) is -5.51. The van der Waals surface area contributed by atoms with E-state index in [2.05, 4.69) is 121 Å².